The fourth-order valence-electron chi connectivity index (χ4n) is 2.29. The fourth-order valence-corrected chi connectivity index (χ4v) is 2.29. The zero-order chi connectivity index (χ0) is 15.4. The van der Waals surface area contributed by atoms with E-state index in [2.05, 4.69) is 5.32 Å². The maximum Gasteiger partial charge on any atom is 0.240 e. The lowest BCUT2D eigenvalue weighted by molar-refractivity contribution is -0.124. The SMILES string of the molecule is O=C(CN1C(=O)CCOc2ccccc21)NCc1ccco1. The summed E-state index contributed by atoms with van der Waals surface area (Å²) in [6.45, 7) is 0.576. The number of carbonyl (C=O) groups is 2. The van der Waals surface area contributed by atoms with Gasteiger partial charge in [-0.15, -0.1) is 0 Å². The third-order valence-electron chi connectivity index (χ3n) is 3.37. The van der Waals surface area contributed by atoms with Crippen LogP contribution in [0.1, 0.15) is 12.2 Å². The Morgan fingerprint density at radius 3 is 2.91 bits per heavy atom. The molecule has 0 saturated heterocycles. The van der Waals surface area contributed by atoms with Crippen molar-refractivity contribution in [3.8, 4) is 5.75 Å². The molecule has 0 atom stereocenters. The zero-order valence-electron chi connectivity index (χ0n) is 12.0. The number of amides is 2. The fraction of sp³-hybridized carbons (Fsp3) is 0.250. The van der Waals surface area contributed by atoms with Crippen molar-refractivity contribution in [2.24, 2.45) is 0 Å². The number of nitrogens with zero attached hydrogens (tertiary/aromatic N) is 1. The van der Waals surface area contributed by atoms with Gasteiger partial charge in [0.15, 0.2) is 0 Å². The third-order valence-corrected chi connectivity index (χ3v) is 3.37. The van der Waals surface area contributed by atoms with Gasteiger partial charge in [-0.3, -0.25) is 14.5 Å². The highest BCUT2D eigenvalue weighted by atomic mass is 16.5. The Morgan fingerprint density at radius 1 is 1.23 bits per heavy atom. The predicted molar refractivity (Wildman–Crippen MR) is 79.5 cm³/mol. The number of ether oxygens (including phenoxy) is 1. The number of carbonyl (C=O) groups excluding carboxylic acids is 2. The molecular formula is C16H16N2O4. The van der Waals surface area contributed by atoms with Crippen molar-refractivity contribution in [3.05, 3.63) is 48.4 Å². The van der Waals surface area contributed by atoms with Gasteiger partial charge in [0.05, 0.1) is 31.5 Å². The normalized spacial score (nSPS) is 14.0. The highest BCUT2D eigenvalue weighted by molar-refractivity contribution is 6.00. The first-order valence-electron chi connectivity index (χ1n) is 7.05. The van der Waals surface area contributed by atoms with Crippen LogP contribution in [0.15, 0.2) is 47.1 Å². The van der Waals surface area contributed by atoms with E-state index < -0.39 is 0 Å². The summed E-state index contributed by atoms with van der Waals surface area (Å²) in [7, 11) is 0. The lowest BCUT2D eigenvalue weighted by atomic mass is 10.2. The van der Waals surface area contributed by atoms with Crippen LogP contribution in [0, 0.1) is 0 Å². The third kappa shape index (κ3) is 3.11. The molecule has 0 unspecified atom stereocenters. The summed E-state index contributed by atoms with van der Waals surface area (Å²) in [5, 5.41) is 2.74. The summed E-state index contributed by atoms with van der Waals surface area (Å²) in [6.07, 6.45) is 1.80. The van der Waals surface area contributed by atoms with Gasteiger partial charge in [0.25, 0.3) is 0 Å². The van der Waals surface area contributed by atoms with Crippen LogP contribution in [0.4, 0.5) is 5.69 Å². The van der Waals surface area contributed by atoms with Gasteiger partial charge >= 0.3 is 0 Å². The molecule has 0 aliphatic carbocycles. The number of benzene rings is 1. The number of anilines is 1. The smallest absolute Gasteiger partial charge is 0.240 e. The molecule has 1 N–H and O–H groups in total. The van der Waals surface area contributed by atoms with Crippen LogP contribution < -0.4 is 15.0 Å². The molecule has 1 aromatic heterocycles. The highest BCUT2D eigenvalue weighted by Crippen LogP contribution is 2.30. The highest BCUT2D eigenvalue weighted by Gasteiger charge is 2.24. The average Bonchev–Trinajstić information content (AvgIpc) is 2.99. The van der Waals surface area contributed by atoms with Crippen molar-refractivity contribution in [2.45, 2.75) is 13.0 Å². The molecule has 114 valence electrons. The van der Waals surface area contributed by atoms with E-state index in [4.69, 9.17) is 9.15 Å². The molecular weight excluding hydrogens is 284 g/mol. The molecule has 2 amide bonds. The molecule has 2 heterocycles. The minimum atomic E-state index is -0.249. The molecule has 1 aliphatic rings. The van der Waals surface area contributed by atoms with Crippen LogP contribution in [0.25, 0.3) is 0 Å². The van der Waals surface area contributed by atoms with Gasteiger partial charge in [0.2, 0.25) is 11.8 Å². The Bertz CT molecular complexity index is 667. The van der Waals surface area contributed by atoms with Crippen LogP contribution in [-0.4, -0.2) is 25.0 Å². The van der Waals surface area contributed by atoms with Crippen molar-refractivity contribution >= 4 is 17.5 Å². The first-order chi connectivity index (χ1) is 10.7. The van der Waals surface area contributed by atoms with Gasteiger partial charge in [0, 0.05) is 0 Å². The number of nitrogens with one attached hydrogen (secondary N) is 1. The number of fused-ring (bicyclic) bond motifs is 1. The van der Waals surface area contributed by atoms with Gasteiger partial charge in [-0.05, 0) is 24.3 Å². The van der Waals surface area contributed by atoms with Crippen LogP contribution in [0.5, 0.6) is 5.75 Å². The van der Waals surface area contributed by atoms with Gasteiger partial charge in [-0.2, -0.15) is 0 Å². The molecule has 3 rings (SSSR count). The predicted octanol–water partition coefficient (Wildman–Crippen LogP) is 1.71. The first kappa shape index (κ1) is 14.2. The first-order valence-corrected chi connectivity index (χ1v) is 7.05. The van der Waals surface area contributed by atoms with E-state index in [1.165, 1.54) is 4.90 Å². The molecule has 0 spiro atoms. The Balaban J connectivity index is 1.69. The number of furan rings is 1. The van der Waals surface area contributed by atoms with E-state index in [9.17, 15) is 9.59 Å². The lowest BCUT2D eigenvalue weighted by Crippen LogP contribution is -2.40. The number of para-hydroxylation sites is 2. The van der Waals surface area contributed by atoms with Crippen molar-refractivity contribution in [1.82, 2.24) is 5.32 Å². The van der Waals surface area contributed by atoms with Crippen molar-refractivity contribution in [2.75, 3.05) is 18.1 Å². The van der Waals surface area contributed by atoms with E-state index in [0.717, 1.165) is 0 Å². The molecule has 0 bridgehead atoms. The Morgan fingerprint density at radius 2 is 2.09 bits per heavy atom. The second-order valence-corrected chi connectivity index (χ2v) is 4.90. The lowest BCUT2D eigenvalue weighted by Gasteiger charge is -2.21. The van der Waals surface area contributed by atoms with Crippen LogP contribution >= 0.6 is 0 Å². The molecule has 6 heteroatoms. The zero-order valence-corrected chi connectivity index (χ0v) is 12.0. The summed E-state index contributed by atoms with van der Waals surface area (Å²) in [4.78, 5) is 25.7. The Hall–Kier alpha value is -2.76. The summed E-state index contributed by atoms with van der Waals surface area (Å²) in [5.41, 5.74) is 0.623. The topological polar surface area (TPSA) is 71.8 Å². The molecule has 6 nitrogen and oxygen atoms in total. The summed E-state index contributed by atoms with van der Waals surface area (Å²) < 4.78 is 10.7. The van der Waals surface area contributed by atoms with Gasteiger partial charge in [-0.1, -0.05) is 12.1 Å². The van der Waals surface area contributed by atoms with Crippen LogP contribution in [0.3, 0.4) is 0 Å². The minimum Gasteiger partial charge on any atom is -0.491 e. The standard InChI is InChI=1S/C16H16N2O4/c19-15(17-10-12-4-3-8-21-12)11-18-13-5-1-2-6-14(13)22-9-7-16(18)20/h1-6,8H,7,9-11H2,(H,17,19). The Kier molecular flexibility index (Phi) is 4.09. The molecule has 22 heavy (non-hydrogen) atoms. The molecule has 0 saturated carbocycles. The molecule has 0 radical (unpaired) electrons. The van der Waals surface area contributed by atoms with Gasteiger partial charge in [-0.25, -0.2) is 0 Å². The minimum absolute atomic E-state index is 0.0418. The molecule has 1 aromatic carbocycles. The van der Waals surface area contributed by atoms with Crippen molar-refractivity contribution in [3.63, 3.8) is 0 Å². The van der Waals surface area contributed by atoms with E-state index in [-0.39, 0.29) is 24.8 Å². The number of hydrogen-bond acceptors (Lipinski definition) is 4. The molecule has 1 aliphatic heterocycles. The van der Waals surface area contributed by atoms with E-state index in [1.807, 2.05) is 12.1 Å². The van der Waals surface area contributed by atoms with Gasteiger partial charge in [0.1, 0.15) is 18.1 Å². The quantitative estimate of drug-likeness (QED) is 0.933. The summed E-state index contributed by atoms with van der Waals surface area (Å²) in [6, 6.07) is 10.8. The van der Waals surface area contributed by atoms with Gasteiger partial charge < -0.3 is 14.5 Å². The summed E-state index contributed by atoms with van der Waals surface area (Å²) in [5.74, 6) is 0.908. The van der Waals surface area contributed by atoms with E-state index in [1.54, 1.807) is 30.5 Å². The Labute approximate surface area is 127 Å². The average molecular weight is 300 g/mol. The van der Waals surface area contributed by atoms with Crippen molar-refractivity contribution in [1.29, 1.82) is 0 Å². The van der Waals surface area contributed by atoms with E-state index in [0.29, 0.717) is 30.3 Å². The van der Waals surface area contributed by atoms with Crippen LogP contribution in [0.2, 0.25) is 0 Å². The molecule has 2 aromatic rings. The maximum atomic E-state index is 12.2. The number of hydrogen-bond donors (Lipinski definition) is 1. The van der Waals surface area contributed by atoms with E-state index >= 15 is 0 Å². The largest absolute Gasteiger partial charge is 0.491 e. The summed E-state index contributed by atoms with van der Waals surface area (Å²) >= 11 is 0. The maximum absolute atomic E-state index is 12.2. The number of rotatable bonds is 4. The molecule has 0 fully saturated rings. The van der Waals surface area contributed by atoms with Crippen LogP contribution in [-0.2, 0) is 16.1 Å². The second kappa shape index (κ2) is 6.34. The van der Waals surface area contributed by atoms with Crippen molar-refractivity contribution < 1.29 is 18.7 Å². The second-order valence-electron chi connectivity index (χ2n) is 4.90. The monoisotopic (exact) mass is 300 g/mol.